The first-order chi connectivity index (χ1) is 14.1. The molecule has 0 spiro atoms. The van der Waals surface area contributed by atoms with E-state index >= 15 is 0 Å². The number of nitrogens with one attached hydrogen (secondary N) is 1. The van der Waals surface area contributed by atoms with Crippen molar-refractivity contribution in [1.29, 1.82) is 0 Å². The Bertz CT molecular complexity index is 815. The standard InChI is InChI=1S/C24H30N2O3/c1-18-4-3-16-26(18)17-14-19-5-7-20(8-6-19)21-9-11-22(12-10-21)24(28)25-15-13-23(27)29-2/h5-12,18H,3-4,13-17H2,1-2H3,(H,25,28)/t18-/m1/s1. The maximum Gasteiger partial charge on any atom is 0.307 e. The Morgan fingerprint density at radius 1 is 1.07 bits per heavy atom. The van der Waals surface area contributed by atoms with Crippen LogP contribution in [0.25, 0.3) is 11.1 Å². The molecule has 3 rings (SSSR count). The highest BCUT2D eigenvalue weighted by Crippen LogP contribution is 2.22. The summed E-state index contributed by atoms with van der Waals surface area (Å²) in [5.41, 5.74) is 4.15. The Morgan fingerprint density at radius 3 is 2.31 bits per heavy atom. The summed E-state index contributed by atoms with van der Waals surface area (Å²) in [7, 11) is 1.34. The molecule has 1 saturated heterocycles. The highest BCUT2D eigenvalue weighted by Gasteiger charge is 2.19. The highest BCUT2D eigenvalue weighted by molar-refractivity contribution is 5.94. The van der Waals surface area contributed by atoms with Gasteiger partial charge in [-0.25, -0.2) is 0 Å². The molecule has 5 nitrogen and oxygen atoms in total. The van der Waals surface area contributed by atoms with Gasteiger partial charge in [0, 0.05) is 24.7 Å². The Morgan fingerprint density at radius 2 is 1.72 bits per heavy atom. The summed E-state index contributed by atoms with van der Waals surface area (Å²) in [5.74, 6) is -0.522. The molecule has 1 aliphatic heterocycles. The molecule has 1 amide bonds. The van der Waals surface area contributed by atoms with Gasteiger partial charge in [0.05, 0.1) is 13.5 Å². The summed E-state index contributed by atoms with van der Waals surface area (Å²) in [6, 6.07) is 16.9. The van der Waals surface area contributed by atoms with E-state index in [1.54, 1.807) is 0 Å². The Kier molecular flexibility index (Phi) is 7.42. The first-order valence-corrected chi connectivity index (χ1v) is 10.4. The van der Waals surface area contributed by atoms with Crippen LogP contribution in [0.2, 0.25) is 0 Å². The molecule has 1 atom stereocenters. The fraction of sp³-hybridized carbons (Fsp3) is 0.417. The van der Waals surface area contributed by atoms with Gasteiger partial charge < -0.3 is 15.0 Å². The molecule has 0 unspecified atom stereocenters. The number of hydrogen-bond acceptors (Lipinski definition) is 4. The summed E-state index contributed by atoms with van der Waals surface area (Å²) in [4.78, 5) is 25.8. The number of esters is 1. The summed E-state index contributed by atoms with van der Waals surface area (Å²) < 4.78 is 4.56. The highest BCUT2D eigenvalue weighted by atomic mass is 16.5. The van der Waals surface area contributed by atoms with Gasteiger partial charge in [-0.3, -0.25) is 9.59 Å². The number of methoxy groups -OCH3 is 1. The Labute approximate surface area is 173 Å². The second-order valence-corrected chi connectivity index (χ2v) is 7.63. The fourth-order valence-corrected chi connectivity index (χ4v) is 3.76. The van der Waals surface area contributed by atoms with Crippen LogP contribution < -0.4 is 5.32 Å². The van der Waals surface area contributed by atoms with Crippen LogP contribution in [0.1, 0.15) is 42.1 Å². The summed E-state index contributed by atoms with van der Waals surface area (Å²) in [6.07, 6.45) is 3.89. The maximum atomic E-state index is 12.1. The average Bonchev–Trinajstić information content (AvgIpc) is 3.17. The van der Waals surface area contributed by atoms with Gasteiger partial charge in [-0.15, -0.1) is 0 Å². The van der Waals surface area contributed by atoms with Crippen LogP contribution in [0, 0.1) is 0 Å². The van der Waals surface area contributed by atoms with Gasteiger partial charge in [-0.05, 0) is 61.6 Å². The van der Waals surface area contributed by atoms with Crippen molar-refractivity contribution in [2.45, 2.75) is 38.6 Å². The largest absolute Gasteiger partial charge is 0.469 e. The van der Waals surface area contributed by atoms with Gasteiger partial charge in [0.2, 0.25) is 0 Å². The van der Waals surface area contributed by atoms with E-state index in [2.05, 4.69) is 46.1 Å². The normalized spacial score (nSPS) is 16.6. The molecule has 0 aliphatic carbocycles. The molecule has 1 heterocycles. The number of rotatable bonds is 8. The molecule has 1 N–H and O–H groups in total. The average molecular weight is 395 g/mol. The van der Waals surface area contributed by atoms with E-state index in [1.165, 1.54) is 32.1 Å². The number of likely N-dealkylation sites (tertiary alicyclic amines) is 1. The molecular formula is C24H30N2O3. The number of carbonyl (C=O) groups excluding carboxylic acids is 2. The van der Waals surface area contributed by atoms with Crippen LogP contribution in [-0.4, -0.2) is 49.6 Å². The fourth-order valence-electron chi connectivity index (χ4n) is 3.76. The Balaban J connectivity index is 1.52. The third kappa shape index (κ3) is 5.91. The van der Waals surface area contributed by atoms with Gasteiger partial charge in [0.15, 0.2) is 0 Å². The minimum absolute atomic E-state index is 0.170. The van der Waals surface area contributed by atoms with E-state index in [-0.39, 0.29) is 24.8 Å². The second-order valence-electron chi connectivity index (χ2n) is 7.63. The zero-order valence-corrected chi connectivity index (χ0v) is 17.3. The summed E-state index contributed by atoms with van der Waals surface area (Å²) in [5, 5.41) is 2.73. The first kappa shape index (κ1) is 21.1. The van der Waals surface area contributed by atoms with Crippen molar-refractivity contribution in [1.82, 2.24) is 10.2 Å². The van der Waals surface area contributed by atoms with E-state index in [0.717, 1.165) is 24.1 Å². The lowest BCUT2D eigenvalue weighted by atomic mass is 10.0. The zero-order valence-electron chi connectivity index (χ0n) is 17.3. The van der Waals surface area contributed by atoms with Crippen molar-refractivity contribution in [2.24, 2.45) is 0 Å². The topological polar surface area (TPSA) is 58.6 Å². The van der Waals surface area contributed by atoms with Crippen LogP contribution in [0.3, 0.4) is 0 Å². The third-order valence-corrected chi connectivity index (χ3v) is 5.65. The van der Waals surface area contributed by atoms with Gasteiger partial charge in [-0.1, -0.05) is 36.4 Å². The van der Waals surface area contributed by atoms with Gasteiger partial charge in [0.25, 0.3) is 5.91 Å². The van der Waals surface area contributed by atoms with E-state index in [1.807, 2.05) is 24.3 Å². The molecule has 5 heteroatoms. The number of hydrogen-bond donors (Lipinski definition) is 1. The lowest BCUT2D eigenvalue weighted by Crippen LogP contribution is -2.28. The molecule has 1 aliphatic rings. The molecule has 0 radical (unpaired) electrons. The van der Waals surface area contributed by atoms with Crippen molar-refractivity contribution < 1.29 is 14.3 Å². The molecular weight excluding hydrogens is 364 g/mol. The predicted molar refractivity (Wildman–Crippen MR) is 115 cm³/mol. The molecule has 0 bridgehead atoms. The summed E-state index contributed by atoms with van der Waals surface area (Å²) in [6.45, 7) is 4.94. The molecule has 29 heavy (non-hydrogen) atoms. The van der Waals surface area contributed by atoms with Crippen LogP contribution in [-0.2, 0) is 16.0 Å². The van der Waals surface area contributed by atoms with Crippen molar-refractivity contribution in [3.05, 3.63) is 59.7 Å². The van der Waals surface area contributed by atoms with Crippen LogP contribution in [0.4, 0.5) is 0 Å². The first-order valence-electron chi connectivity index (χ1n) is 10.4. The van der Waals surface area contributed by atoms with E-state index in [0.29, 0.717) is 11.6 Å². The predicted octanol–water partition coefficient (Wildman–Crippen LogP) is 3.67. The summed E-state index contributed by atoms with van der Waals surface area (Å²) >= 11 is 0. The van der Waals surface area contributed by atoms with Crippen molar-refractivity contribution in [3.8, 4) is 11.1 Å². The van der Waals surface area contributed by atoms with E-state index in [9.17, 15) is 9.59 Å². The van der Waals surface area contributed by atoms with E-state index in [4.69, 9.17) is 0 Å². The van der Waals surface area contributed by atoms with Gasteiger partial charge in [0.1, 0.15) is 0 Å². The smallest absolute Gasteiger partial charge is 0.307 e. The second kappa shape index (κ2) is 10.2. The lowest BCUT2D eigenvalue weighted by molar-refractivity contribution is -0.140. The van der Waals surface area contributed by atoms with Crippen molar-refractivity contribution in [3.63, 3.8) is 0 Å². The van der Waals surface area contributed by atoms with Gasteiger partial charge in [-0.2, -0.15) is 0 Å². The maximum absolute atomic E-state index is 12.1. The number of carbonyl (C=O) groups is 2. The lowest BCUT2D eigenvalue weighted by Gasteiger charge is -2.20. The minimum Gasteiger partial charge on any atom is -0.469 e. The number of benzene rings is 2. The van der Waals surface area contributed by atoms with Crippen molar-refractivity contribution >= 4 is 11.9 Å². The molecule has 2 aromatic carbocycles. The minimum atomic E-state index is -0.334. The molecule has 1 fully saturated rings. The third-order valence-electron chi connectivity index (χ3n) is 5.65. The molecule has 0 saturated carbocycles. The quantitative estimate of drug-likeness (QED) is 0.694. The van der Waals surface area contributed by atoms with Gasteiger partial charge >= 0.3 is 5.97 Å². The SMILES string of the molecule is COC(=O)CCNC(=O)c1ccc(-c2ccc(CCN3CCC[C@H]3C)cc2)cc1. The number of ether oxygens (including phenoxy) is 1. The Hall–Kier alpha value is -2.66. The molecule has 154 valence electrons. The number of nitrogens with zero attached hydrogens (tertiary/aromatic N) is 1. The van der Waals surface area contributed by atoms with E-state index < -0.39 is 0 Å². The van der Waals surface area contributed by atoms with Crippen LogP contribution in [0.5, 0.6) is 0 Å². The number of amides is 1. The van der Waals surface area contributed by atoms with Crippen LogP contribution >= 0.6 is 0 Å². The monoisotopic (exact) mass is 394 g/mol. The molecule has 0 aromatic heterocycles. The van der Waals surface area contributed by atoms with Crippen LogP contribution in [0.15, 0.2) is 48.5 Å². The van der Waals surface area contributed by atoms with Crippen molar-refractivity contribution in [2.75, 3.05) is 26.7 Å². The molecule has 2 aromatic rings. The zero-order chi connectivity index (χ0) is 20.6.